The molecule has 0 saturated heterocycles. The summed E-state index contributed by atoms with van der Waals surface area (Å²) in [5.41, 5.74) is 2.09. The summed E-state index contributed by atoms with van der Waals surface area (Å²) in [6, 6.07) is 11.1. The minimum absolute atomic E-state index is 0.0354. The largest absolute Gasteiger partial charge is 0.396 e. The molecule has 2 atom stereocenters. The smallest absolute Gasteiger partial charge is 0.0595 e. The third-order valence-electron chi connectivity index (χ3n) is 4.60. The molecule has 2 aromatic rings. The van der Waals surface area contributed by atoms with Crippen molar-refractivity contribution in [3.8, 4) is 0 Å². The number of rotatable bonds is 9. The Morgan fingerprint density at radius 2 is 1.19 bits per heavy atom. The maximum absolute atomic E-state index is 9.99. The highest BCUT2D eigenvalue weighted by Crippen LogP contribution is 2.30. The Labute approximate surface area is 174 Å². The number of halogens is 4. The van der Waals surface area contributed by atoms with Crippen LogP contribution < -0.4 is 0 Å². The van der Waals surface area contributed by atoms with Gasteiger partial charge >= 0.3 is 0 Å². The molecular formula is C20H22Cl4O2. The maximum Gasteiger partial charge on any atom is 0.0595 e. The van der Waals surface area contributed by atoms with Gasteiger partial charge in [0.15, 0.2) is 0 Å². The highest BCUT2D eigenvalue weighted by atomic mass is 35.5. The van der Waals surface area contributed by atoms with Crippen LogP contribution in [-0.2, 0) is 12.8 Å². The first kappa shape index (κ1) is 21.8. The summed E-state index contributed by atoms with van der Waals surface area (Å²) < 4.78 is 0. The van der Waals surface area contributed by atoms with Crippen molar-refractivity contribution < 1.29 is 10.2 Å². The Hall–Kier alpha value is -0.480. The molecule has 0 heterocycles. The fourth-order valence-corrected chi connectivity index (χ4v) is 3.82. The van der Waals surface area contributed by atoms with Gasteiger partial charge in [-0.25, -0.2) is 0 Å². The summed E-state index contributed by atoms with van der Waals surface area (Å²) >= 11 is 24.2. The Kier molecular flexibility index (Phi) is 9.02. The van der Waals surface area contributed by atoms with E-state index < -0.39 is 0 Å². The number of benzene rings is 2. The topological polar surface area (TPSA) is 40.5 Å². The standard InChI is InChI=1S/C20H22Cl4O2/c21-17-5-3-13(10-19(17)23)8-15(2-1-7-25)16(12-26)9-14-4-6-18(22)20(24)11-14/h3-6,10-11,15-16,25-26H,1-2,7-9,12H2/t15-,16+/m0/s1. The monoisotopic (exact) mass is 434 g/mol. The zero-order valence-corrected chi connectivity index (χ0v) is 17.3. The van der Waals surface area contributed by atoms with Crippen LogP contribution in [0.2, 0.25) is 20.1 Å². The summed E-state index contributed by atoms with van der Waals surface area (Å²) in [5, 5.41) is 21.3. The van der Waals surface area contributed by atoms with Gasteiger partial charge in [-0.05, 0) is 72.9 Å². The van der Waals surface area contributed by atoms with E-state index in [1.54, 1.807) is 12.1 Å². The van der Waals surface area contributed by atoms with Gasteiger partial charge in [0.05, 0.1) is 20.1 Å². The maximum atomic E-state index is 9.99. The van der Waals surface area contributed by atoms with Gasteiger partial charge in [-0.15, -0.1) is 0 Å². The quantitative estimate of drug-likeness (QED) is 0.500. The van der Waals surface area contributed by atoms with Gasteiger partial charge in [-0.2, -0.15) is 0 Å². The molecule has 0 amide bonds. The lowest BCUT2D eigenvalue weighted by molar-refractivity contribution is 0.158. The summed E-state index contributed by atoms with van der Waals surface area (Å²) in [7, 11) is 0. The first-order chi connectivity index (χ1) is 12.4. The zero-order valence-electron chi connectivity index (χ0n) is 14.3. The summed E-state index contributed by atoms with van der Waals surface area (Å²) in [6.07, 6.45) is 2.93. The van der Waals surface area contributed by atoms with E-state index in [4.69, 9.17) is 46.4 Å². The molecule has 0 aliphatic carbocycles. The molecule has 0 unspecified atom stereocenters. The number of hydrogen-bond acceptors (Lipinski definition) is 2. The molecule has 2 N–H and O–H groups in total. The Morgan fingerprint density at radius 1 is 0.692 bits per heavy atom. The molecule has 0 radical (unpaired) electrons. The van der Waals surface area contributed by atoms with Crippen molar-refractivity contribution in [2.24, 2.45) is 11.8 Å². The molecule has 0 fully saturated rings. The van der Waals surface area contributed by atoms with Gasteiger partial charge in [0.2, 0.25) is 0 Å². The lowest BCUT2D eigenvalue weighted by Gasteiger charge is -2.26. The van der Waals surface area contributed by atoms with Gasteiger partial charge in [-0.1, -0.05) is 58.5 Å². The molecule has 142 valence electrons. The van der Waals surface area contributed by atoms with Crippen molar-refractivity contribution in [3.63, 3.8) is 0 Å². The van der Waals surface area contributed by atoms with Crippen molar-refractivity contribution in [1.82, 2.24) is 0 Å². The summed E-state index contributed by atoms with van der Waals surface area (Å²) in [4.78, 5) is 0. The van der Waals surface area contributed by atoms with E-state index >= 15 is 0 Å². The molecule has 26 heavy (non-hydrogen) atoms. The van der Waals surface area contributed by atoms with Gasteiger partial charge in [0, 0.05) is 13.2 Å². The van der Waals surface area contributed by atoms with E-state index in [1.807, 2.05) is 24.3 Å². The second kappa shape index (κ2) is 10.8. The van der Waals surface area contributed by atoms with Gasteiger partial charge in [0.1, 0.15) is 0 Å². The first-order valence-electron chi connectivity index (χ1n) is 8.54. The fourth-order valence-electron chi connectivity index (χ4n) is 3.18. The average molecular weight is 436 g/mol. The van der Waals surface area contributed by atoms with Crippen molar-refractivity contribution >= 4 is 46.4 Å². The molecule has 2 aromatic carbocycles. The Balaban J connectivity index is 2.17. The normalized spacial score (nSPS) is 13.6. The number of aliphatic hydroxyl groups is 2. The second-order valence-electron chi connectivity index (χ2n) is 6.47. The van der Waals surface area contributed by atoms with Crippen LogP contribution in [0.1, 0.15) is 24.0 Å². The molecule has 2 rings (SSSR count). The van der Waals surface area contributed by atoms with Crippen LogP contribution in [0.3, 0.4) is 0 Å². The molecule has 0 saturated carbocycles. The molecule has 0 aliphatic heterocycles. The van der Waals surface area contributed by atoms with E-state index in [1.165, 1.54) is 0 Å². The van der Waals surface area contributed by atoms with Crippen LogP contribution in [-0.4, -0.2) is 23.4 Å². The SMILES string of the molecule is OCCC[C@@H](Cc1ccc(Cl)c(Cl)c1)[C@@H](CO)Cc1ccc(Cl)c(Cl)c1. The molecule has 0 spiro atoms. The highest BCUT2D eigenvalue weighted by Gasteiger charge is 2.22. The van der Waals surface area contributed by atoms with Crippen LogP contribution in [0.5, 0.6) is 0 Å². The van der Waals surface area contributed by atoms with Gasteiger partial charge in [-0.3, -0.25) is 0 Å². The fraction of sp³-hybridized carbons (Fsp3) is 0.400. The Bertz CT molecular complexity index is 721. The first-order valence-corrected chi connectivity index (χ1v) is 10.0. The van der Waals surface area contributed by atoms with Crippen molar-refractivity contribution in [2.75, 3.05) is 13.2 Å². The van der Waals surface area contributed by atoms with Crippen molar-refractivity contribution in [2.45, 2.75) is 25.7 Å². The Morgan fingerprint density at radius 3 is 1.62 bits per heavy atom. The van der Waals surface area contributed by atoms with Crippen LogP contribution in [0, 0.1) is 11.8 Å². The van der Waals surface area contributed by atoms with Gasteiger partial charge < -0.3 is 10.2 Å². The van der Waals surface area contributed by atoms with E-state index in [0.29, 0.717) is 32.9 Å². The van der Waals surface area contributed by atoms with Gasteiger partial charge in [0.25, 0.3) is 0 Å². The molecule has 0 aliphatic rings. The minimum atomic E-state index is 0.0354. The van der Waals surface area contributed by atoms with Crippen molar-refractivity contribution in [3.05, 3.63) is 67.6 Å². The number of aliphatic hydroxyl groups excluding tert-OH is 2. The lowest BCUT2D eigenvalue weighted by Crippen LogP contribution is -2.23. The summed E-state index contributed by atoms with van der Waals surface area (Å²) in [5.74, 6) is 0.229. The molecule has 6 heteroatoms. The van der Waals surface area contributed by atoms with Crippen LogP contribution in [0.4, 0.5) is 0 Å². The molecular weight excluding hydrogens is 414 g/mol. The van der Waals surface area contributed by atoms with E-state index in [2.05, 4.69) is 0 Å². The predicted octanol–water partition coefficient (Wildman–Crippen LogP) is 6.08. The predicted molar refractivity (Wildman–Crippen MR) is 111 cm³/mol. The molecule has 0 aromatic heterocycles. The van der Waals surface area contributed by atoms with Crippen molar-refractivity contribution in [1.29, 1.82) is 0 Å². The summed E-state index contributed by atoms with van der Waals surface area (Å²) in [6.45, 7) is 0.181. The van der Waals surface area contributed by atoms with Crippen LogP contribution in [0.25, 0.3) is 0 Å². The second-order valence-corrected chi connectivity index (χ2v) is 8.10. The highest BCUT2D eigenvalue weighted by molar-refractivity contribution is 6.42. The lowest BCUT2D eigenvalue weighted by atomic mass is 9.80. The molecule has 2 nitrogen and oxygen atoms in total. The van der Waals surface area contributed by atoms with Crippen LogP contribution >= 0.6 is 46.4 Å². The average Bonchev–Trinajstić information content (AvgIpc) is 2.62. The third-order valence-corrected chi connectivity index (χ3v) is 6.08. The molecule has 0 bridgehead atoms. The minimum Gasteiger partial charge on any atom is -0.396 e. The van der Waals surface area contributed by atoms with E-state index in [0.717, 1.165) is 24.0 Å². The van der Waals surface area contributed by atoms with E-state index in [-0.39, 0.29) is 25.0 Å². The number of hydrogen-bond donors (Lipinski definition) is 2. The third kappa shape index (κ3) is 6.30. The van der Waals surface area contributed by atoms with E-state index in [9.17, 15) is 10.2 Å². The zero-order chi connectivity index (χ0) is 19.1. The van der Waals surface area contributed by atoms with Crippen LogP contribution in [0.15, 0.2) is 36.4 Å².